The van der Waals surface area contributed by atoms with Crippen LogP contribution in [-0.4, -0.2) is 14.1 Å². The van der Waals surface area contributed by atoms with E-state index in [1.807, 2.05) is 0 Å². The number of benzene rings is 1. The smallest absolute Gasteiger partial charge is 0.0361 e. The topological polar surface area (TPSA) is 95.5 Å². The fourth-order valence-electron chi connectivity index (χ4n) is 3.67. The average molecular weight is 473 g/mol. The molecular formula is C27H35ClNO4-. The van der Waals surface area contributed by atoms with Crippen molar-refractivity contribution in [3.63, 3.8) is 0 Å². The van der Waals surface area contributed by atoms with Crippen LogP contribution in [0.25, 0.3) is 6.08 Å². The minimum Gasteiger partial charge on any atom is -0.378 e. The lowest BCUT2D eigenvalue weighted by Gasteiger charge is -2.17. The fraction of sp³-hybridized carbons (Fsp3) is 0.333. The van der Waals surface area contributed by atoms with Crippen molar-refractivity contribution < 1.29 is 28.9 Å². The minimum absolute atomic E-state index is 0. The molecular weight excluding hydrogens is 438 g/mol. The summed E-state index contributed by atoms with van der Waals surface area (Å²) in [6.45, 7) is 9.06. The molecule has 0 saturated carbocycles. The Bertz CT molecular complexity index is 982. The van der Waals surface area contributed by atoms with Gasteiger partial charge in [0.25, 0.3) is 0 Å². The highest BCUT2D eigenvalue weighted by atomic mass is 35.7. The van der Waals surface area contributed by atoms with Crippen molar-refractivity contribution in [2.24, 2.45) is 11.8 Å². The Morgan fingerprint density at radius 1 is 1.00 bits per heavy atom. The predicted molar refractivity (Wildman–Crippen MR) is 127 cm³/mol. The van der Waals surface area contributed by atoms with Crippen molar-refractivity contribution in [3.05, 3.63) is 94.2 Å². The molecule has 0 aromatic heterocycles. The molecule has 3 rings (SSSR count). The SMILES string of the molecule is C.CC1=C/C(=C\C=C\c2ccc(N(C)C)cc2)C2=C1C=C(C(C)C)C=CC2C.[O-][Cl+3]([O-])([O-])[O-]. The van der Waals surface area contributed by atoms with Crippen molar-refractivity contribution in [1.82, 2.24) is 0 Å². The van der Waals surface area contributed by atoms with Gasteiger partial charge in [-0.05, 0) is 58.4 Å². The quantitative estimate of drug-likeness (QED) is 0.671. The Balaban J connectivity index is 0.000000821. The molecule has 0 amide bonds. The number of allylic oxidation sites excluding steroid dienone is 11. The van der Waals surface area contributed by atoms with Crippen LogP contribution in [0.15, 0.2) is 88.6 Å². The second-order valence-corrected chi connectivity index (χ2v) is 9.20. The van der Waals surface area contributed by atoms with Gasteiger partial charge in [0.1, 0.15) is 0 Å². The van der Waals surface area contributed by atoms with Crippen molar-refractivity contribution in [2.45, 2.75) is 35.1 Å². The molecule has 1 unspecified atom stereocenters. The van der Waals surface area contributed by atoms with Gasteiger partial charge in [-0.15, -0.1) is 10.2 Å². The fourth-order valence-corrected chi connectivity index (χ4v) is 3.67. The molecule has 0 bridgehead atoms. The zero-order valence-electron chi connectivity index (χ0n) is 19.5. The van der Waals surface area contributed by atoms with E-state index in [1.165, 1.54) is 39.1 Å². The summed E-state index contributed by atoms with van der Waals surface area (Å²) in [4.78, 5) is 2.12. The molecule has 5 nitrogen and oxygen atoms in total. The number of nitrogens with zero attached hydrogens (tertiary/aromatic N) is 1. The van der Waals surface area contributed by atoms with Gasteiger partial charge >= 0.3 is 0 Å². The van der Waals surface area contributed by atoms with Crippen LogP contribution in [0.5, 0.6) is 0 Å². The van der Waals surface area contributed by atoms with Gasteiger partial charge in [0.05, 0.1) is 0 Å². The van der Waals surface area contributed by atoms with Crippen LogP contribution in [0.2, 0.25) is 0 Å². The summed E-state index contributed by atoms with van der Waals surface area (Å²) >= 11 is 0. The maximum atomic E-state index is 8.49. The van der Waals surface area contributed by atoms with Crippen molar-refractivity contribution in [2.75, 3.05) is 19.0 Å². The van der Waals surface area contributed by atoms with Crippen LogP contribution in [0, 0.1) is 22.1 Å². The van der Waals surface area contributed by atoms with Crippen LogP contribution < -0.4 is 23.5 Å². The van der Waals surface area contributed by atoms with Crippen molar-refractivity contribution in [3.8, 4) is 0 Å². The molecule has 0 spiro atoms. The first-order valence-corrected chi connectivity index (χ1v) is 11.7. The monoisotopic (exact) mass is 472 g/mol. The average Bonchev–Trinajstić information content (AvgIpc) is 2.87. The molecule has 33 heavy (non-hydrogen) atoms. The van der Waals surface area contributed by atoms with E-state index in [4.69, 9.17) is 18.6 Å². The van der Waals surface area contributed by atoms with E-state index in [2.05, 4.69) is 113 Å². The van der Waals surface area contributed by atoms with Gasteiger partial charge in [0.2, 0.25) is 0 Å². The third kappa shape index (κ3) is 8.80. The lowest BCUT2D eigenvalue weighted by Crippen LogP contribution is -2.68. The van der Waals surface area contributed by atoms with Gasteiger partial charge in [-0.2, -0.15) is 0 Å². The molecule has 1 atom stereocenters. The highest BCUT2D eigenvalue weighted by Crippen LogP contribution is 2.39. The Morgan fingerprint density at radius 3 is 2.09 bits per heavy atom. The predicted octanol–water partition coefficient (Wildman–Crippen LogP) is 2.62. The first-order valence-electron chi connectivity index (χ1n) is 10.5. The number of hydrogen-bond acceptors (Lipinski definition) is 5. The number of halogens is 1. The summed E-state index contributed by atoms with van der Waals surface area (Å²) in [5.74, 6) is 0.978. The largest absolute Gasteiger partial charge is 0.378 e. The number of anilines is 1. The molecule has 0 radical (unpaired) electrons. The molecule has 1 aromatic carbocycles. The lowest BCUT2D eigenvalue weighted by atomic mass is 9.93. The summed E-state index contributed by atoms with van der Waals surface area (Å²) < 4.78 is 34.0. The van der Waals surface area contributed by atoms with Gasteiger partial charge in [-0.25, -0.2) is 18.6 Å². The van der Waals surface area contributed by atoms with Crippen LogP contribution in [0.4, 0.5) is 5.69 Å². The van der Waals surface area contributed by atoms with Gasteiger partial charge in [-0.1, -0.05) is 82.9 Å². The third-order valence-corrected chi connectivity index (χ3v) is 5.38. The van der Waals surface area contributed by atoms with E-state index < -0.39 is 10.2 Å². The summed E-state index contributed by atoms with van der Waals surface area (Å²) in [7, 11) is -0.812. The van der Waals surface area contributed by atoms with Crippen LogP contribution >= 0.6 is 0 Å². The Hall–Kier alpha value is -2.41. The molecule has 1 aromatic rings. The molecule has 0 N–H and O–H groups in total. The van der Waals surface area contributed by atoms with Crippen LogP contribution in [0.3, 0.4) is 0 Å². The maximum Gasteiger partial charge on any atom is 0.0361 e. The van der Waals surface area contributed by atoms with E-state index >= 15 is 0 Å². The lowest BCUT2D eigenvalue weighted by molar-refractivity contribution is -2.00. The first-order chi connectivity index (χ1) is 14.9. The van der Waals surface area contributed by atoms with Gasteiger partial charge in [0.15, 0.2) is 0 Å². The molecule has 180 valence electrons. The van der Waals surface area contributed by atoms with Crippen LogP contribution in [-0.2, 0) is 0 Å². The molecule has 0 heterocycles. The first kappa shape index (κ1) is 28.6. The van der Waals surface area contributed by atoms with Crippen LogP contribution in [0.1, 0.15) is 40.7 Å². The molecule has 0 aliphatic heterocycles. The van der Waals surface area contributed by atoms with Gasteiger partial charge in [0, 0.05) is 25.7 Å². The molecule has 2 aliphatic carbocycles. The summed E-state index contributed by atoms with van der Waals surface area (Å²) in [6.07, 6.45) is 16.0. The van der Waals surface area contributed by atoms with Crippen molar-refractivity contribution >= 4 is 11.8 Å². The van der Waals surface area contributed by atoms with Gasteiger partial charge < -0.3 is 4.90 Å². The Kier molecular flexibility index (Phi) is 10.6. The standard InChI is InChI=1S/C26H31N.CH4.ClHO4/c1-18(2)22-13-10-19(3)26-23(16-20(4)25(26)17-22)9-7-8-21-11-14-24(15-12-21)27(5)6;;2-1(3,4)5/h7-19H,1-6H3;1H4;(H,2,3,4,5)/p-1/b8-7+,23-9+;;. The normalized spacial score (nSPS) is 19.0. The minimum atomic E-state index is -4.94. The van der Waals surface area contributed by atoms with E-state index in [1.54, 1.807) is 0 Å². The second-order valence-electron chi connectivity index (χ2n) is 8.45. The molecule has 6 heteroatoms. The van der Waals surface area contributed by atoms with E-state index in [0.717, 1.165) is 0 Å². The Labute approximate surface area is 200 Å². The maximum absolute atomic E-state index is 8.49. The zero-order chi connectivity index (χ0) is 24.1. The number of rotatable bonds is 4. The molecule has 2 aliphatic rings. The highest BCUT2D eigenvalue weighted by molar-refractivity contribution is 5.66. The molecule has 0 fully saturated rings. The Morgan fingerprint density at radius 2 is 1.58 bits per heavy atom. The van der Waals surface area contributed by atoms with Gasteiger partial charge in [-0.3, -0.25) is 0 Å². The summed E-state index contributed by atoms with van der Waals surface area (Å²) in [5.41, 5.74) is 9.42. The summed E-state index contributed by atoms with van der Waals surface area (Å²) in [5, 5.41) is 0. The highest BCUT2D eigenvalue weighted by Gasteiger charge is 2.23. The van der Waals surface area contributed by atoms with E-state index in [0.29, 0.717) is 11.8 Å². The summed E-state index contributed by atoms with van der Waals surface area (Å²) in [6, 6.07) is 8.64. The third-order valence-electron chi connectivity index (χ3n) is 5.38. The second kappa shape index (κ2) is 12.2. The zero-order valence-corrected chi connectivity index (χ0v) is 20.2. The molecule has 0 saturated heterocycles. The van der Waals surface area contributed by atoms with Crippen molar-refractivity contribution in [1.29, 1.82) is 0 Å². The number of hydrogen-bond donors (Lipinski definition) is 0. The van der Waals surface area contributed by atoms with E-state index in [-0.39, 0.29) is 7.43 Å². The van der Waals surface area contributed by atoms with E-state index in [9.17, 15) is 0 Å².